The predicted octanol–water partition coefficient (Wildman–Crippen LogP) is 4.37. The second-order valence-electron chi connectivity index (χ2n) is 5.29. The molecule has 0 bridgehead atoms. The molecule has 8 heteroatoms. The molecule has 1 aliphatic rings. The molecule has 5 nitrogen and oxygen atoms in total. The fraction of sp³-hybridized carbons (Fsp3) is 0.176. The van der Waals surface area contributed by atoms with Gasteiger partial charge >= 0.3 is 5.97 Å². The highest BCUT2D eigenvalue weighted by molar-refractivity contribution is 7.12. The van der Waals surface area contributed by atoms with E-state index < -0.39 is 11.9 Å². The van der Waals surface area contributed by atoms with Crippen molar-refractivity contribution < 1.29 is 14.3 Å². The normalized spacial score (nSPS) is 16.0. The van der Waals surface area contributed by atoms with Crippen molar-refractivity contribution in [3.05, 3.63) is 60.6 Å². The molecule has 1 atom stereocenters. The first-order valence-corrected chi connectivity index (χ1v) is 8.71. The minimum absolute atomic E-state index is 0.0704. The molecule has 0 spiro atoms. The molecule has 0 saturated heterocycles. The lowest BCUT2D eigenvalue weighted by Gasteiger charge is -2.25. The lowest BCUT2D eigenvalue weighted by atomic mass is 9.88. The van der Waals surface area contributed by atoms with E-state index in [-0.39, 0.29) is 11.5 Å². The summed E-state index contributed by atoms with van der Waals surface area (Å²) < 4.78 is 10.4. The number of fused-ring (bicyclic) bond motifs is 1. The van der Waals surface area contributed by atoms with Crippen LogP contribution in [-0.4, -0.2) is 13.1 Å². The minimum atomic E-state index is -0.568. The number of hydrogen-bond acceptors (Lipinski definition) is 6. The number of aryl methyl sites for hydroxylation is 1. The van der Waals surface area contributed by atoms with Crippen molar-refractivity contribution in [1.29, 1.82) is 5.26 Å². The van der Waals surface area contributed by atoms with Gasteiger partial charge < -0.3 is 15.2 Å². The monoisotopic (exact) mass is 394 g/mol. The number of thiophene rings is 1. The summed E-state index contributed by atoms with van der Waals surface area (Å²) in [6.07, 6.45) is 0. The maximum atomic E-state index is 12.1. The fourth-order valence-electron chi connectivity index (χ4n) is 2.77. The Morgan fingerprint density at radius 2 is 2.16 bits per heavy atom. The number of halogens is 2. The number of carbonyl (C=O) groups excluding carboxylic acids is 1. The van der Waals surface area contributed by atoms with Crippen molar-refractivity contribution in [2.45, 2.75) is 12.8 Å². The van der Waals surface area contributed by atoms with Crippen LogP contribution in [0.1, 0.15) is 31.6 Å². The van der Waals surface area contributed by atoms with E-state index in [1.807, 2.05) is 0 Å². The first kappa shape index (κ1) is 17.6. The number of nitriles is 1. The largest absolute Gasteiger partial charge is 0.465 e. The minimum Gasteiger partial charge on any atom is -0.465 e. The second-order valence-corrected chi connectivity index (χ2v) is 7.33. The van der Waals surface area contributed by atoms with Crippen molar-refractivity contribution in [1.82, 2.24) is 0 Å². The Balaban J connectivity index is 2.31. The van der Waals surface area contributed by atoms with Gasteiger partial charge in [0.05, 0.1) is 28.0 Å². The fourth-order valence-corrected chi connectivity index (χ4v) is 4.40. The standard InChI is InChI=1S/C17H12Cl2N2O3S/c1-7-11(17(22)23-2)14-15(25-7)12(9(6-20)16(21)24-14)8-4-3-5-10(18)13(8)19/h3-5,12H,21H2,1-2H3/t12-/m1/s1. The molecule has 0 unspecified atom stereocenters. The number of hydrogen-bond donors (Lipinski definition) is 1. The summed E-state index contributed by atoms with van der Waals surface area (Å²) in [5.41, 5.74) is 7.09. The van der Waals surface area contributed by atoms with Crippen molar-refractivity contribution in [3.8, 4) is 11.8 Å². The number of nitrogens with two attached hydrogens (primary N) is 1. The lowest BCUT2D eigenvalue weighted by molar-refractivity contribution is 0.0597. The van der Waals surface area contributed by atoms with Crippen LogP contribution in [0.2, 0.25) is 10.0 Å². The van der Waals surface area contributed by atoms with E-state index >= 15 is 0 Å². The van der Waals surface area contributed by atoms with Crippen LogP contribution < -0.4 is 10.5 Å². The van der Waals surface area contributed by atoms with Crippen molar-refractivity contribution in [2.24, 2.45) is 5.73 Å². The summed E-state index contributed by atoms with van der Waals surface area (Å²) in [6.45, 7) is 1.78. The summed E-state index contributed by atoms with van der Waals surface area (Å²) in [6, 6.07) is 7.25. The van der Waals surface area contributed by atoms with Gasteiger partial charge in [-0.25, -0.2) is 4.79 Å². The number of benzene rings is 1. The molecule has 0 amide bonds. The Kier molecular flexibility index (Phi) is 4.65. The highest BCUT2D eigenvalue weighted by atomic mass is 35.5. The van der Waals surface area contributed by atoms with Gasteiger partial charge in [0.2, 0.25) is 5.88 Å². The summed E-state index contributed by atoms with van der Waals surface area (Å²) >= 11 is 13.8. The molecule has 0 fully saturated rings. The van der Waals surface area contributed by atoms with Gasteiger partial charge in [0.25, 0.3) is 0 Å². The van der Waals surface area contributed by atoms with Gasteiger partial charge in [-0.15, -0.1) is 11.3 Å². The van der Waals surface area contributed by atoms with Crippen LogP contribution in [0.25, 0.3) is 0 Å². The van der Waals surface area contributed by atoms with Crippen LogP contribution in [0.5, 0.6) is 5.75 Å². The van der Waals surface area contributed by atoms with Crippen LogP contribution in [0.15, 0.2) is 29.7 Å². The van der Waals surface area contributed by atoms with Gasteiger partial charge in [-0.3, -0.25) is 0 Å². The average Bonchev–Trinajstić information content (AvgIpc) is 2.91. The molecule has 0 aliphatic carbocycles. The van der Waals surface area contributed by atoms with E-state index in [0.29, 0.717) is 36.7 Å². The lowest BCUT2D eigenvalue weighted by Crippen LogP contribution is -2.21. The van der Waals surface area contributed by atoms with Crippen molar-refractivity contribution in [2.75, 3.05) is 7.11 Å². The maximum absolute atomic E-state index is 12.1. The van der Waals surface area contributed by atoms with Gasteiger partial charge in [0, 0.05) is 4.88 Å². The number of esters is 1. The van der Waals surface area contributed by atoms with E-state index in [4.69, 9.17) is 38.4 Å². The van der Waals surface area contributed by atoms with Gasteiger partial charge in [0.1, 0.15) is 17.2 Å². The number of rotatable bonds is 2. The Morgan fingerprint density at radius 1 is 1.44 bits per heavy atom. The molecule has 25 heavy (non-hydrogen) atoms. The smallest absolute Gasteiger partial charge is 0.342 e. The number of carbonyl (C=O) groups is 1. The zero-order chi connectivity index (χ0) is 18.3. The molecule has 2 heterocycles. The molecular weight excluding hydrogens is 383 g/mol. The Morgan fingerprint density at radius 3 is 2.80 bits per heavy atom. The molecule has 128 valence electrons. The number of methoxy groups -OCH3 is 1. The molecule has 0 saturated carbocycles. The molecule has 3 rings (SSSR count). The summed E-state index contributed by atoms with van der Waals surface area (Å²) in [5.74, 6) is -0.868. The average molecular weight is 395 g/mol. The van der Waals surface area contributed by atoms with Crippen molar-refractivity contribution in [3.63, 3.8) is 0 Å². The third kappa shape index (κ3) is 2.74. The van der Waals surface area contributed by atoms with E-state index in [1.165, 1.54) is 18.4 Å². The number of allylic oxidation sites excluding steroid dienone is 1. The highest BCUT2D eigenvalue weighted by Gasteiger charge is 2.38. The van der Waals surface area contributed by atoms with Crippen LogP contribution in [0.4, 0.5) is 0 Å². The molecule has 1 aromatic heterocycles. The van der Waals surface area contributed by atoms with E-state index in [0.717, 1.165) is 0 Å². The third-order valence-electron chi connectivity index (χ3n) is 3.90. The number of nitrogens with zero attached hydrogens (tertiary/aromatic N) is 1. The third-order valence-corrected chi connectivity index (χ3v) is 5.88. The second kappa shape index (κ2) is 6.60. The Labute approximate surface area is 158 Å². The summed E-state index contributed by atoms with van der Waals surface area (Å²) in [5, 5.41) is 10.3. The number of ether oxygens (including phenoxy) is 2. The van der Waals surface area contributed by atoms with Gasteiger partial charge in [-0.05, 0) is 18.6 Å². The van der Waals surface area contributed by atoms with E-state index in [2.05, 4.69) is 6.07 Å². The SMILES string of the molecule is COC(=O)c1c(C)sc2c1OC(N)=C(C#N)[C@H]2c1cccc(Cl)c1Cl. The van der Waals surface area contributed by atoms with Crippen LogP contribution >= 0.6 is 34.5 Å². The van der Waals surface area contributed by atoms with Crippen LogP contribution in [0, 0.1) is 18.3 Å². The van der Waals surface area contributed by atoms with Gasteiger partial charge in [-0.2, -0.15) is 5.26 Å². The Bertz CT molecular complexity index is 960. The maximum Gasteiger partial charge on any atom is 0.342 e. The first-order valence-electron chi connectivity index (χ1n) is 7.13. The molecule has 1 aromatic carbocycles. The molecule has 2 N–H and O–H groups in total. The quantitative estimate of drug-likeness (QED) is 0.764. The summed E-state index contributed by atoms with van der Waals surface area (Å²) in [7, 11) is 1.29. The zero-order valence-electron chi connectivity index (χ0n) is 13.2. The highest BCUT2D eigenvalue weighted by Crippen LogP contribution is 2.51. The molecule has 1 aliphatic heterocycles. The van der Waals surface area contributed by atoms with Gasteiger partial charge in [0.15, 0.2) is 5.75 Å². The Hall–Kier alpha value is -2.20. The molecular formula is C17H12Cl2N2O3S. The topological polar surface area (TPSA) is 85.3 Å². The van der Waals surface area contributed by atoms with E-state index in [9.17, 15) is 10.1 Å². The first-order chi connectivity index (χ1) is 11.9. The van der Waals surface area contributed by atoms with E-state index in [1.54, 1.807) is 25.1 Å². The predicted molar refractivity (Wildman–Crippen MR) is 96.2 cm³/mol. The molecule has 0 radical (unpaired) electrons. The van der Waals surface area contributed by atoms with Crippen LogP contribution in [-0.2, 0) is 4.74 Å². The van der Waals surface area contributed by atoms with Gasteiger partial charge in [-0.1, -0.05) is 35.3 Å². The van der Waals surface area contributed by atoms with Crippen LogP contribution in [0.3, 0.4) is 0 Å². The van der Waals surface area contributed by atoms with Crippen molar-refractivity contribution >= 4 is 40.5 Å². The zero-order valence-corrected chi connectivity index (χ0v) is 15.6. The summed E-state index contributed by atoms with van der Waals surface area (Å²) in [4.78, 5) is 13.5. The molecule has 2 aromatic rings.